The van der Waals surface area contributed by atoms with Crippen LogP contribution in [0.3, 0.4) is 0 Å². The summed E-state index contributed by atoms with van der Waals surface area (Å²) in [5.41, 5.74) is 2.06. The van der Waals surface area contributed by atoms with Crippen LogP contribution in [0.2, 0.25) is 0 Å². The largest absolute Gasteiger partial charge is 0.462 e. The SMILES string of the molecule is CCOC(=O)c1c(C)[nH]c(C(=O)Cn2ccnn2)c1C. The monoisotopic (exact) mass is 276 g/mol. The Morgan fingerprint density at radius 2 is 2.15 bits per heavy atom. The predicted molar refractivity (Wildman–Crippen MR) is 70.6 cm³/mol. The highest BCUT2D eigenvalue weighted by Crippen LogP contribution is 2.19. The third-order valence-electron chi connectivity index (χ3n) is 2.97. The Morgan fingerprint density at radius 1 is 1.40 bits per heavy atom. The molecule has 2 aromatic heterocycles. The van der Waals surface area contributed by atoms with E-state index in [2.05, 4.69) is 15.3 Å². The van der Waals surface area contributed by atoms with Gasteiger partial charge in [0.1, 0.15) is 6.54 Å². The smallest absolute Gasteiger partial charge is 0.340 e. The first-order valence-corrected chi connectivity index (χ1v) is 6.28. The fourth-order valence-corrected chi connectivity index (χ4v) is 2.08. The van der Waals surface area contributed by atoms with Gasteiger partial charge in [-0.05, 0) is 26.3 Å². The second-order valence-corrected chi connectivity index (χ2v) is 4.37. The molecule has 20 heavy (non-hydrogen) atoms. The Bertz CT molecular complexity index is 628. The van der Waals surface area contributed by atoms with E-state index in [-0.39, 0.29) is 12.3 Å². The van der Waals surface area contributed by atoms with Gasteiger partial charge in [0.2, 0.25) is 5.78 Å². The molecule has 2 aromatic rings. The highest BCUT2D eigenvalue weighted by Gasteiger charge is 2.22. The van der Waals surface area contributed by atoms with E-state index in [0.717, 1.165) is 0 Å². The number of hydrogen-bond donors (Lipinski definition) is 1. The number of aromatic nitrogens is 4. The molecule has 2 rings (SSSR count). The summed E-state index contributed by atoms with van der Waals surface area (Å²) in [6.45, 7) is 5.58. The molecule has 0 aliphatic rings. The van der Waals surface area contributed by atoms with Crippen molar-refractivity contribution in [2.75, 3.05) is 6.61 Å². The Balaban J connectivity index is 2.27. The molecule has 0 radical (unpaired) electrons. The van der Waals surface area contributed by atoms with Gasteiger partial charge in [0, 0.05) is 11.9 Å². The minimum Gasteiger partial charge on any atom is -0.462 e. The van der Waals surface area contributed by atoms with Crippen LogP contribution in [-0.4, -0.2) is 38.3 Å². The zero-order chi connectivity index (χ0) is 14.7. The summed E-state index contributed by atoms with van der Waals surface area (Å²) < 4.78 is 6.42. The van der Waals surface area contributed by atoms with E-state index in [4.69, 9.17) is 4.74 Å². The van der Waals surface area contributed by atoms with Crippen LogP contribution in [0.1, 0.15) is 39.0 Å². The summed E-state index contributed by atoms with van der Waals surface area (Å²) in [5, 5.41) is 7.39. The van der Waals surface area contributed by atoms with Crippen molar-refractivity contribution in [3.05, 3.63) is 34.9 Å². The number of nitrogens with zero attached hydrogens (tertiary/aromatic N) is 3. The van der Waals surface area contributed by atoms with Gasteiger partial charge in [-0.3, -0.25) is 4.79 Å². The topological polar surface area (TPSA) is 89.9 Å². The number of rotatable bonds is 5. The first-order valence-electron chi connectivity index (χ1n) is 6.28. The fraction of sp³-hybridized carbons (Fsp3) is 0.385. The number of Topliss-reactive ketones (excluding diaryl/α,β-unsaturated/α-hetero) is 1. The van der Waals surface area contributed by atoms with Crippen molar-refractivity contribution in [1.82, 2.24) is 20.0 Å². The van der Waals surface area contributed by atoms with E-state index in [1.165, 1.54) is 10.9 Å². The summed E-state index contributed by atoms with van der Waals surface area (Å²) in [6.07, 6.45) is 3.11. The molecule has 2 heterocycles. The summed E-state index contributed by atoms with van der Waals surface area (Å²) in [4.78, 5) is 27.0. The van der Waals surface area contributed by atoms with Crippen LogP contribution in [-0.2, 0) is 11.3 Å². The summed E-state index contributed by atoms with van der Waals surface area (Å²) in [6, 6.07) is 0. The molecule has 7 nitrogen and oxygen atoms in total. The van der Waals surface area contributed by atoms with E-state index in [0.29, 0.717) is 29.1 Å². The highest BCUT2D eigenvalue weighted by molar-refractivity contribution is 6.01. The Labute approximate surface area is 115 Å². The second-order valence-electron chi connectivity index (χ2n) is 4.37. The van der Waals surface area contributed by atoms with Gasteiger partial charge in [-0.25, -0.2) is 9.48 Å². The van der Waals surface area contributed by atoms with E-state index in [1.807, 2.05) is 0 Å². The van der Waals surface area contributed by atoms with Gasteiger partial charge in [-0.15, -0.1) is 5.10 Å². The van der Waals surface area contributed by atoms with Gasteiger partial charge < -0.3 is 9.72 Å². The minimum atomic E-state index is -0.418. The van der Waals surface area contributed by atoms with Crippen molar-refractivity contribution < 1.29 is 14.3 Å². The molecule has 0 atom stereocenters. The van der Waals surface area contributed by atoms with Crippen molar-refractivity contribution in [2.45, 2.75) is 27.3 Å². The van der Waals surface area contributed by atoms with Gasteiger partial charge in [-0.2, -0.15) is 0 Å². The molecule has 106 valence electrons. The summed E-state index contributed by atoms with van der Waals surface area (Å²) in [5.74, 6) is -0.579. The zero-order valence-corrected chi connectivity index (χ0v) is 11.6. The van der Waals surface area contributed by atoms with Crippen molar-refractivity contribution in [2.24, 2.45) is 0 Å². The Morgan fingerprint density at radius 3 is 2.75 bits per heavy atom. The summed E-state index contributed by atoms with van der Waals surface area (Å²) >= 11 is 0. The maximum Gasteiger partial charge on any atom is 0.340 e. The number of carbonyl (C=O) groups excluding carboxylic acids is 2. The number of aryl methyl sites for hydroxylation is 1. The molecule has 0 amide bonds. The standard InChI is InChI=1S/C13H16N4O3/c1-4-20-13(19)11-8(2)12(15-9(11)3)10(18)7-17-6-5-14-16-17/h5-6,15H,4,7H2,1-3H3. The lowest BCUT2D eigenvalue weighted by atomic mass is 10.1. The van der Waals surface area contributed by atoms with Gasteiger partial charge in [-0.1, -0.05) is 5.21 Å². The zero-order valence-electron chi connectivity index (χ0n) is 11.6. The lowest BCUT2D eigenvalue weighted by Crippen LogP contribution is -2.13. The first kappa shape index (κ1) is 14.0. The molecule has 0 bridgehead atoms. The number of ether oxygens (including phenoxy) is 1. The van der Waals surface area contributed by atoms with Gasteiger partial charge >= 0.3 is 5.97 Å². The molecule has 1 N–H and O–H groups in total. The Hall–Kier alpha value is -2.44. The normalized spacial score (nSPS) is 10.6. The molecule has 0 saturated heterocycles. The van der Waals surface area contributed by atoms with Crippen molar-refractivity contribution in [3.63, 3.8) is 0 Å². The van der Waals surface area contributed by atoms with Crippen LogP contribution in [0.15, 0.2) is 12.4 Å². The number of ketones is 1. The molecular weight excluding hydrogens is 260 g/mol. The summed E-state index contributed by atoms with van der Waals surface area (Å²) in [7, 11) is 0. The molecule has 7 heteroatoms. The van der Waals surface area contributed by atoms with Crippen LogP contribution >= 0.6 is 0 Å². The minimum absolute atomic E-state index is 0.0725. The van der Waals surface area contributed by atoms with Gasteiger partial charge in [0.05, 0.1) is 24.1 Å². The number of nitrogens with one attached hydrogen (secondary N) is 1. The quantitative estimate of drug-likeness (QED) is 0.656. The van der Waals surface area contributed by atoms with Crippen molar-refractivity contribution >= 4 is 11.8 Å². The van der Waals surface area contributed by atoms with Crippen molar-refractivity contribution in [3.8, 4) is 0 Å². The average molecular weight is 276 g/mol. The van der Waals surface area contributed by atoms with Crippen LogP contribution in [0.4, 0.5) is 0 Å². The Kier molecular flexibility index (Phi) is 3.97. The van der Waals surface area contributed by atoms with E-state index in [9.17, 15) is 9.59 Å². The number of aromatic amines is 1. The third kappa shape index (κ3) is 2.61. The van der Waals surface area contributed by atoms with E-state index in [1.54, 1.807) is 27.0 Å². The van der Waals surface area contributed by atoms with Gasteiger partial charge in [0.25, 0.3) is 0 Å². The van der Waals surface area contributed by atoms with Crippen LogP contribution in [0.5, 0.6) is 0 Å². The molecule has 0 unspecified atom stereocenters. The molecule has 0 spiro atoms. The average Bonchev–Trinajstić information content (AvgIpc) is 2.98. The number of hydrogen-bond acceptors (Lipinski definition) is 5. The molecule has 0 aliphatic heterocycles. The van der Waals surface area contributed by atoms with E-state index >= 15 is 0 Å². The number of H-pyrrole nitrogens is 1. The second kappa shape index (κ2) is 5.68. The molecule has 0 aliphatic carbocycles. The number of esters is 1. The highest BCUT2D eigenvalue weighted by atomic mass is 16.5. The lowest BCUT2D eigenvalue weighted by molar-refractivity contribution is 0.0525. The van der Waals surface area contributed by atoms with Crippen LogP contribution in [0.25, 0.3) is 0 Å². The molecule has 0 aromatic carbocycles. The fourth-order valence-electron chi connectivity index (χ4n) is 2.08. The predicted octanol–water partition coefficient (Wildman–Crippen LogP) is 1.28. The van der Waals surface area contributed by atoms with Crippen LogP contribution < -0.4 is 0 Å². The maximum absolute atomic E-state index is 12.2. The van der Waals surface area contributed by atoms with Crippen molar-refractivity contribution in [1.29, 1.82) is 0 Å². The maximum atomic E-state index is 12.2. The van der Waals surface area contributed by atoms with E-state index < -0.39 is 5.97 Å². The number of carbonyl (C=O) groups is 2. The van der Waals surface area contributed by atoms with Crippen LogP contribution in [0, 0.1) is 13.8 Å². The molecular formula is C13H16N4O3. The van der Waals surface area contributed by atoms with Gasteiger partial charge in [0.15, 0.2) is 0 Å². The lowest BCUT2D eigenvalue weighted by Gasteiger charge is -2.02. The molecule has 0 saturated carbocycles. The third-order valence-corrected chi connectivity index (χ3v) is 2.97. The molecule has 0 fully saturated rings. The first-order chi connectivity index (χ1) is 9.54.